The molecule has 14 atom stereocenters. The fourth-order valence-corrected chi connectivity index (χ4v) is 19.4. The number of fused-ring (bicyclic) bond motifs is 6. The Hall–Kier alpha value is -8.08. The third-order valence-corrected chi connectivity index (χ3v) is 26.4. The predicted molar refractivity (Wildman–Crippen MR) is 409 cm³/mol. The number of amides is 4. The van der Waals surface area contributed by atoms with Crippen molar-refractivity contribution in [2.75, 3.05) is 54.7 Å². The molecule has 6 fully saturated rings. The van der Waals surface area contributed by atoms with Gasteiger partial charge in [0.1, 0.15) is 34.9 Å². The van der Waals surface area contributed by atoms with Crippen LogP contribution in [0.5, 0.6) is 23.3 Å². The molecule has 0 radical (unpaired) electrons. The van der Waals surface area contributed by atoms with Crippen LogP contribution in [0.3, 0.4) is 0 Å². The molecule has 4 amide bonds. The van der Waals surface area contributed by atoms with Gasteiger partial charge in [-0.25, -0.2) is 26.8 Å². The van der Waals surface area contributed by atoms with E-state index in [-0.39, 0.29) is 112 Å². The monoisotopic (exact) mass is 1560 g/mol. The van der Waals surface area contributed by atoms with Crippen molar-refractivity contribution in [2.45, 2.75) is 217 Å². The first-order valence-electron chi connectivity index (χ1n) is 38.8. The van der Waals surface area contributed by atoms with Crippen LogP contribution in [0.25, 0.3) is 21.5 Å². The van der Waals surface area contributed by atoms with Crippen LogP contribution in [-0.2, 0) is 77.4 Å². The molecule has 8 aliphatic rings. The molecule has 28 heteroatoms. The summed E-state index contributed by atoms with van der Waals surface area (Å²) in [5.74, 6) is -5.06. The lowest BCUT2D eigenvalue weighted by molar-refractivity contribution is -0.161. The molecule has 26 nitrogen and oxygen atoms in total. The normalized spacial score (nSPS) is 29.7. The number of esters is 2. The number of nitrogens with zero attached hydrogens (tertiary/aromatic N) is 4. The first kappa shape index (κ1) is 82.9. The SMILES string of the molecule is COC[C@@H]1C[C@@H](C)CC/C=C\[C@@H]2C[C@@]2(C(=O)NS(=O)(=O)C2CC2)CC(=O)[C@@H]2C[C@@H](Oc3ncc(OC)c4ccccc34)CN2C(=O)[C@H]1CC(=O)OC(C)(C)C.COC[C@@H]1C[C@H](C)CC/C=C\[C@@H]2C[C@@]2(C(=O)NS(=O)(=O)C2CC2)CC(=O)[C@@H]2C[C@@H](Oc3ncc(OC)c4ccccc34)CN2C(=O)[C@H]1CC(=O)OC(C)(C)C. The van der Waals surface area contributed by atoms with Crippen molar-refractivity contribution in [3.63, 3.8) is 0 Å². The van der Waals surface area contributed by atoms with Crippen LogP contribution in [0.15, 0.2) is 85.2 Å². The maximum Gasteiger partial charge on any atom is 0.307 e. The zero-order chi connectivity index (χ0) is 79.4. The molecule has 0 bridgehead atoms. The number of benzene rings is 2. The molecule has 110 heavy (non-hydrogen) atoms. The number of hydrogen-bond acceptors (Lipinski definition) is 22. The van der Waals surface area contributed by atoms with Crippen LogP contribution >= 0.6 is 0 Å². The zero-order valence-electron chi connectivity index (χ0n) is 65.5. The summed E-state index contributed by atoms with van der Waals surface area (Å²) in [6.45, 7) is 15.3. The van der Waals surface area contributed by atoms with E-state index in [0.717, 1.165) is 23.6 Å². The Bertz CT molecular complexity index is 4120. The van der Waals surface area contributed by atoms with Crippen LogP contribution in [0.2, 0.25) is 0 Å². The molecule has 4 aromatic rings. The number of carbonyl (C=O) groups is 8. The number of aromatic nitrogens is 2. The Balaban J connectivity index is 0.000000218. The van der Waals surface area contributed by atoms with Gasteiger partial charge in [-0.3, -0.25) is 47.8 Å². The van der Waals surface area contributed by atoms with Crippen molar-refractivity contribution >= 4 is 88.7 Å². The molecular formula is C82H110N6O20S2. The highest BCUT2D eigenvalue weighted by molar-refractivity contribution is 7.91. The summed E-state index contributed by atoms with van der Waals surface area (Å²) in [6, 6.07) is 12.9. The average molecular weight is 1560 g/mol. The van der Waals surface area contributed by atoms with Crippen molar-refractivity contribution in [1.29, 1.82) is 0 Å². The number of carbonyl (C=O) groups excluding carboxylic acids is 8. The van der Waals surface area contributed by atoms with Crippen molar-refractivity contribution in [3.05, 3.63) is 85.2 Å². The number of rotatable bonds is 20. The van der Waals surface area contributed by atoms with E-state index in [1.54, 1.807) is 82.4 Å². The minimum Gasteiger partial charge on any atom is -0.494 e. The number of nitrogens with one attached hydrogen (secondary N) is 2. The van der Waals surface area contributed by atoms with Crippen molar-refractivity contribution in [1.82, 2.24) is 29.2 Å². The topological polar surface area (TPSA) is 335 Å². The van der Waals surface area contributed by atoms with Gasteiger partial charge in [0.05, 0.1) is 97.8 Å². The molecule has 12 rings (SSSR count). The molecule has 2 N–H and O–H groups in total. The smallest absolute Gasteiger partial charge is 0.307 e. The molecule has 600 valence electrons. The summed E-state index contributed by atoms with van der Waals surface area (Å²) in [7, 11) is -1.48. The summed E-state index contributed by atoms with van der Waals surface area (Å²) in [5.41, 5.74) is -4.09. The van der Waals surface area contributed by atoms with E-state index in [4.69, 9.17) is 37.9 Å². The Morgan fingerprint density at radius 1 is 0.527 bits per heavy atom. The Labute approximate surface area is 646 Å². The first-order valence-corrected chi connectivity index (χ1v) is 41.9. The number of hydrogen-bond donors (Lipinski definition) is 2. The van der Waals surface area contributed by atoms with Gasteiger partial charge in [0.15, 0.2) is 11.6 Å². The highest BCUT2D eigenvalue weighted by Crippen LogP contribution is 2.59. The number of methoxy groups -OCH3 is 4. The Morgan fingerprint density at radius 3 is 1.23 bits per heavy atom. The van der Waals surface area contributed by atoms with Crippen LogP contribution in [0.1, 0.15) is 171 Å². The van der Waals surface area contributed by atoms with Gasteiger partial charge < -0.3 is 47.7 Å². The lowest BCUT2D eigenvalue weighted by Gasteiger charge is -2.33. The lowest BCUT2D eigenvalue weighted by atomic mass is 9.81. The van der Waals surface area contributed by atoms with Crippen LogP contribution in [0, 0.1) is 58.2 Å². The lowest BCUT2D eigenvalue weighted by Crippen LogP contribution is -2.48. The summed E-state index contributed by atoms with van der Waals surface area (Å²) in [4.78, 5) is 126. The molecule has 2 aromatic heterocycles. The van der Waals surface area contributed by atoms with E-state index < -0.39 is 124 Å². The number of ether oxygens (including phenoxy) is 8. The molecule has 4 aliphatic carbocycles. The molecule has 4 aliphatic heterocycles. The molecule has 2 saturated heterocycles. The fraction of sp³-hybridized carbons (Fsp3) is 0.634. The van der Waals surface area contributed by atoms with E-state index >= 15 is 9.59 Å². The van der Waals surface area contributed by atoms with Crippen LogP contribution in [0.4, 0.5) is 0 Å². The Kier molecular flexibility index (Phi) is 25.7. The van der Waals surface area contributed by atoms with E-state index in [0.29, 0.717) is 98.2 Å². The minimum absolute atomic E-state index is 0.0237. The molecule has 6 heterocycles. The van der Waals surface area contributed by atoms with Gasteiger partial charge in [-0.1, -0.05) is 74.5 Å². The van der Waals surface area contributed by atoms with Crippen molar-refractivity contribution in [3.8, 4) is 23.3 Å². The molecule has 0 unspecified atom stereocenters. The van der Waals surface area contributed by atoms with Crippen molar-refractivity contribution < 1.29 is 93.1 Å². The van der Waals surface area contributed by atoms with Gasteiger partial charge in [-0.15, -0.1) is 0 Å². The van der Waals surface area contributed by atoms with E-state index in [9.17, 15) is 45.6 Å². The zero-order valence-corrected chi connectivity index (χ0v) is 67.1. The van der Waals surface area contributed by atoms with Gasteiger partial charge in [0.2, 0.25) is 55.4 Å². The van der Waals surface area contributed by atoms with Gasteiger partial charge in [0.25, 0.3) is 0 Å². The molecule has 4 saturated carbocycles. The van der Waals surface area contributed by atoms with E-state index in [1.165, 1.54) is 9.80 Å². The fourth-order valence-electron chi connectivity index (χ4n) is 16.6. The maximum absolute atomic E-state index is 15.0. The minimum atomic E-state index is -3.87. The molecule has 2 aromatic carbocycles. The largest absolute Gasteiger partial charge is 0.494 e. The predicted octanol–water partition coefficient (Wildman–Crippen LogP) is 10.3. The number of allylic oxidation sites excluding steroid dienone is 4. The number of ketones is 2. The summed E-state index contributed by atoms with van der Waals surface area (Å²) in [6.07, 6.45) is 15.6. The summed E-state index contributed by atoms with van der Waals surface area (Å²) >= 11 is 0. The van der Waals surface area contributed by atoms with E-state index in [2.05, 4.69) is 33.3 Å². The second-order valence-electron chi connectivity index (χ2n) is 33.8. The third-order valence-electron chi connectivity index (χ3n) is 22.8. The van der Waals surface area contributed by atoms with Gasteiger partial charge in [-0.05, 0) is 166 Å². The number of Topliss-reactive ketones (excluding diaryl/α,β-unsaturated/α-hetero) is 2. The van der Waals surface area contributed by atoms with Crippen molar-refractivity contribution in [2.24, 2.45) is 58.2 Å². The second-order valence-corrected chi connectivity index (χ2v) is 37.7. The van der Waals surface area contributed by atoms with E-state index in [1.807, 2.05) is 72.8 Å². The van der Waals surface area contributed by atoms with Gasteiger partial charge in [-0.2, -0.15) is 0 Å². The highest BCUT2D eigenvalue weighted by atomic mass is 32.2. The average Bonchev–Trinajstić information content (AvgIpc) is 1.57. The maximum atomic E-state index is 15.0. The summed E-state index contributed by atoms with van der Waals surface area (Å²) in [5, 5.41) is 1.75. The first-order chi connectivity index (χ1) is 52.1. The number of sulfonamides is 2. The van der Waals surface area contributed by atoms with Gasteiger partial charge in [0, 0.05) is 74.7 Å². The standard InChI is InChI=1S/2C41H55N3O10S/c2*1-25-11-7-8-12-27-20-41(27,39(48)43-55(49,50)29-15-16-29)21-34(45)33-18-28(53-37-31-14-10-9-13-30(31)35(52-6)22-42-37)23-44(33)38(47)32(26(17-25)24-51-5)19-36(46)54-40(2,3)4/h2*8-10,12-14,22,25-29,32-33H,7,11,15-21,23-24H2,1-6H3,(H,43,48)/b2*12-8-/t25-,26+,27-,28-,32+,33+,41-;25-,26-,27+,28+,32-,33-,41+/m10/s1. The third kappa shape index (κ3) is 19.9. The number of pyridine rings is 2. The second kappa shape index (κ2) is 34.1. The van der Waals surface area contributed by atoms with Crippen LogP contribution in [-0.4, -0.2) is 184 Å². The quantitative estimate of drug-likeness (QED) is 0.0613. The highest BCUT2D eigenvalue weighted by Gasteiger charge is 2.64. The van der Waals surface area contributed by atoms with Crippen LogP contribution < -0.4 is 28.4 Å². The summed E-state index contributed by atoms with van der Waals surface area (Å²) < 4.78 is 103. The Morgan fingerprint density at radius 2 is 0.891 bits per heavy atom. The van der Waals surface area contributed by atoms with Gasteiger partial charge >= 0.3 is 11.9 Å². The molecular weight excluding hydrogens is 1450 g/mol. The molecule has 0 spiro atoms.